The van der Waals surface area contributed by atoms with Crippen LogP contribution < -0.4 is 0 Å². The van der Waals surface area contributed by atoms with E-state index < -0.39 is 6.10 Å². The first kappa shape index (κ1) is 14.4. The molecule has 4 heteroatoms. The second kappa shape index (κ2) is 6.80. The van der Waals surface area contributed by atoms with Gasteiger partial charge in [-0.25, -0.2) is 0 Å². The summed E-state index contributed by atoms with van der Waals surface area (Å²) in [6.45, 7) is 9.55. The highest BCUT2D eigenvalue weighted by molar-refractivity contribution is 5.81. The van der Waals surface area contributed by atoms with Crippen LogP contribution in [0.15, 0.2) is 0 Å². The lowest BCUT2D eigenvalue weighted by molar-refractivity contribution is -0.135. The van der Waals surface area contributed by atoms with Gasteiger partial charge in [0.05, 0.1) is 12.1 Å². The molecule has 0 saturated carbocycles. The van der Waals surface area contributed by atoms with Crippen molar-refractivity contribution in [3.05, 3.63) is 0 Å². The van der Waals surface area contributed by atoms with Gasteiger partial charge in [0.15, 0.2) is 0 Å². The van der Waals surface area contributed by atoms with Gasteiger partial charge in [-0.3, -0.25) is 9.69 Å². The molecule has 0 aliphatic heterocycles. The Morgan fingerprint density at radius 2 is 1.73 bits per heavy atom. The molecule has 1 amide bonds. The molecule has 0 aromatic heterocycles. The summed E-state index contributed by atoms with van der Waals surface area (Å²) in [5.41, 5.74) is 0. The van der Waals surface area contributed by atoms with E-state index in [9.17, 15) is 9.90 Å². The van der Waals surface area contributed by atoms with Gasteiger partial charge in [-0.05, 0) is 34.7 Å². The highest BCUT2D eigenvalue weighted by Gasteiger charge is 2.22. The van der Waals surface area contributed by atoms with E-state index in [1.54, 1.807) is 6.92 Å². The van der Waals surface area contributed by atoms with Crippen LogP contribution in [0.2, 0.25) is 0 Å². The fourth-order valence-electron chi connectivity index (χ4n) is 1.56. The number of aliphatic hydroxyl groups excluding tert-OH is 1. The van der Waals surface area contributed by atoms with Crippen molar-refractivity contribution in [3.63, 3.8) is 0 Å². The molecule has 0 bridgehead atoms. The topological polar surface area (TPSA) is 43.8 Å². The van der Waals surface area contributed by atoms with E-state index in [1.807, 2.05) is 37.6 Å². The highest BCUT2D eigenvalue weighted by atomic mass is 16.3. The lowest BCUT2D eigenvalue weighted by Gasteiger charge is -2.29. The third kappa shape index (κ3) is 4.62. The molecular formula is C11H24N2O2. The zero-order chi connectivity index (χ0) is 12.0. The number of aliphatic hydroxyl groups is 1. The molecule has 0 rings (SSSR count). The van der Waals surface area contributed by atoms with Crippen molar-refractivity contribution < 1.29 is 9.90 Å². The number of likely N-dealkylation sites (N-methyl/N-ethyl adjacent to an activating group) is 2. The lowest BCUT2D eigenvalue weighted by atomic mass is 10.2. The third-order valence-corrected chi connectivity index (χ3v) is 2.65. The predicted molar refractivity (Wildman–Crippen MR) is 61.7 cm³/mol. The van der Waals surface area contributed by atoms with Crippen molar-refractivity contribution in [2.24, 2.45) is 0 Å². The Morgan fingerprint density at radius 3 is 2.07 bits per heavy atom. The summed E-state index contributed by atoms with van der Waals surface area (Å²) in [5, 5.41) is 9.24. The van der Waals surface area contributed by atoms with Crippen molar-refractivity contribution in [2.45, 2.75) is 39.8 Å². The number of rotatable bonds is 6. The van der Waals surface area contributed by atoms with Gasteiger partial charge >= 0.3 is 0 Å². The number of carbonyl (C=O) groups excluding carboxylic acids is 1. The molecule has 0 aliphatic rings. The molecule has 0 fully saturated rings. The van der Waals surface area contributed by atoms with Crippen LogP contribution in [-0.2, 0) is 4.79 Å². The van der Waals surface area contributed by atoms with E-state index >= 15 is 0 Å². The molecule has 0 aliphatic carbocycles. The Hall–Kier alpha value is -0.610. The number of nitrogens with zero attached hydrogens (tertiary/aromatic N) is 2. The first-order chi connectivity index (χ1) is 6.93. The van der Waals surface area contributed by atoms with Crippen molar-refractivity contribution in [2.75, 3.05) is 26.7 Å². The Bertz CT molecular complexity index is 191. The molecule has 0 heterocycles. The lowest BCUT2D eigenvalue weighted by Crippen LogP contribution is -2.47. The van der Waals surface area contributed by atoms with E-state index in [0.29, 0.717) is 6.54 Å². The molecular weight excluding hydrogens is 192 g/mol. The van der Waals surface area contributed by atoms with Crippen LogP contribution in [0.1, 0.15) is 27.7 Å². The van der Waals surface area contributed by atoms with Crippen molar-refractivity contribution in [3.8, 4) is 0 Å². The van der Waals surface area contributed by atoms with Crippen LogP contribution in [0, 0.1) is 0 Å². The molecule has 2 atom stereocenters. The minimum atomic E-state index is -0.401. The predicted octanol–water partition coefficient (Wildman–Crippen LogP) is 0.556. The summed E-state index contributed by atoms with van der Waals surface area (Å²) in [6, 6.07) is -0.167. The largest absolute Gasteiger partial charge is 0.392 e. The molecule has 15 heavy (non-hydrogen) atoms. The first-order valence-electron chi connectivity index (χ1n) is 5.61. The monoisotopic (exact) mass is 216 g/mol. The van der Waals surface area contributed by atoms with E-state index in [4.69, 9.17) is 0 Å². The number of hydrogen-bond donors (Lipinski definition) is 1. The average Bonchev–Trinajstić information content (AvgIpc) is 2.17. The summed E-state index contributed by atoms with van der Waals surface area (Å²) >= 11 is 0. The second-order valence-corrected chi connectivity index (χ2v) is 3.98. The van der Waals surface area contributed by atoms with Gasteiger partial charge in [0.1, 0.15) is 0 Å². The molecule has 0 saturated heterocycles. The summed E-state index contributed by atoms with van der Waals surface area (Å²) in [4.78, 5) is 15.6. The minimum absolute atomic E-state index is 0.128. The maximum absolute atomic E-state index is 11.9. The summed E-state index contributed by atoms with van der Waals surface area (Å²) in [6.07, 6.45) is -0.401. The van der Waals surface area contributed by atoms with Crippen molar-refractivity contribution in [1.29, 1.82) is 0 Å². The maximum atomic E-state index is 11.9. The zero-order valence-electron chi connectivity index (χ0n) is 10.5. The Labute approximate surface area is 92.9 Å². The van der Waals surface area contributed by atoms with Gasteiger partial charge in [-0.1, -0.05) is 0 Å². The van der Waals surface area contributed by atoms with E-state index in [-0.39, 0.29) is 11.9 Å². The molecule has 1 N–H and O–H groups in total. The van der Waals surface area contributed by atoms with Gasteiger partial charge in [-0.15, -0.1) is 0 Å². The van der Waals surface area contributed by atoms with Gasteiger partial charge in [0.25, 0.3) is 0 Å². The number of amides is 1. The standard InChI is InChI=1S/C11H24N2O2/c1-6-13(7-2)11(15)10(4)12(5)8-9(3)14/h9-10,14H,6-8H2,1-5H3. The normalized spacial score (nSPS) is 15.1. The van der Waals surface area contributed by atoms with E-state index in [2.05, 4.69) is 0 Å². The quantitative estimate of drug-likeness (QED) is 0.705. The molecule has 90 valence electrons. The van der Waals surface area contributed by atoms with Gasteiger partial charge < -0.3 is 10.0 Å². The fourth-order valence-corrected chi connectivity index (χ4v) is 1.56. The Morgan fingerprint density at radius 1 is 1.27 bits per heavy atom. The van der Waals surface area contributed by atoms with E-state index in [1.165, 1.54) is 0 Å². The molecule has 4 nitrogen and oxygen atoms in total. The summed E-state index contributed by atoms with van der Waals surface area (Å²) < 4.78 is 0. The van der Waals surface area contributed by atoms with E-state index in [0.717, 1.165) is 13.1 Å². The van der Waals surface area contributed by atoms with Crippen molar-refractivity contribution >= 4 is 5.91 Å². The fraction of sp³-hybridized carbons (Fsp3) is 0.909. The Kier molecular flexibility index (Phi) is 6.52. The van der Waals surface area contributed by atoms with Crippen LogP contribution in [0.25, 0.3) is 0 Å². The average molecular weight is 216 g/mol. The SMILES string of the molecule is CCN(CC)C(=O)C(C)N(C)CC(C)O. The third-order valence-electron chi connectivity index (χ3n) is 2.65. The molecule has 0 spiro atoms. The second-order valence-electron chi connectivity index (χ2n) is 3.98. The molecule has 0 aromatic rings. The smallest absolute Gasteiger partial charge is 0.239 e. The van der Waals surface area contributed by atoms with Crippen LogP contribution in [0.5, 0.6) is 0 Å². The molecule has 0 aromatic carbocycles. The maximum Gasteiger partial charge on any atom is 0.239 e. The molecule has 0 radical (unpaired) electrons. The zero-order valence-corrected chi connectivity index (χ0v) is 10.5. The van der Waals surface area contributed by atoms with Gasteiger partial charge in [-0.2, -0.15) is 0 Å². The van der Waals surface area contributed by atoms with Crippen molar-refractivity contribution in [1.82, 2.24) is 9.80 Å². The number of carbonyl (C=O) groups is 1. The summed E-state index contributed by atoms with van der Waals surface area (Å²) in [5.74, 6) is 0.128. The van der Waals surface area contributed by atoms with Gasteiger partial charge in [0, 0.05) is 19.6 Å². The van der Waals surface area contributed by atoms with Crippen LogP contribution >= 0.6 is 0 Å². The van der Waals surface area contributed by atoms with Gasteiger partial charge in [0.2, 0.25) is 5.91 Å². The summed E-state index contributed by atoms with van der Waals surface area (Å²) in [7, 11) is 1.86. The Balaban J connectivity index is 4.29. The van der Waals surface area contributed by atoms with Crippen LogP contribution in [-0.4, -0.2) is 59.6 Å². The van der Waals surface area contributed by atoms with Crippen LogP contribution in [0.3, 0.4) is 0 Å². The molecule has 2 unspecified atom stereocenters. The minimum Gasteiger partial charge on any atom is -0.392 e. The number of hydrogen-bond acceptors (Lipinski definition) is 3. The highest BCUT2D eigenvalue weighted by Crippen LogP contribution is 2.02. The first-order valence-corrected chi connectivity index (χ1v) is 5.61. The van der Waals surface area contributed by atoms with Crippen LogP contribution in [0.4, 0.5) is 0 Å².